The summed E-state index contributed by atoms with van der Waals surface area (Å²) in [6.45, 7) is 3.98. The molecule has 0 bridgehead atoms. The number of nitrogens with zero attached hydrogens (tertiary/aromatic N) is 2. The number of hydrogen-bond donors (Lipinski definition) is 1. The van der Waals surface area contributed by atoms with Gasteiger partial charge in [0.1, 0.15) is 17.1 Å². The van der Waals surface area contributed by atoms with E-state index in [1.807, 2.05) is 5.38 Å². The molecule has 8 heteroatoms. The standard InChI is InChI=1S/C20H23N3O4S/c1-12(2)9-13-11-28-19-17(13)18(25)22(3)20(26)23(19)10-16(24)21-14-5-7-15(27-4)8-6-14/h5-8,11-12H,9-10H2,1-4H3,(H,21,24). The average Bonchev–Trinajstić information content (AvgIpc) is 3.07. The van der Waals surface area contributed by atoms with Gasteiger partial charge in [-0.3, -0.25) is 18.7 Å². The molecule has 0 saturated carbocycles. The molecule has 0 atom stereocenters. The van der Waals surface area contributed by atoms with Crippen LogP contribution in [0.15, 0.2) is 39.2 Å². The fraction of sp³-hybridized carbons (Fsp3) is 0.350. The molecule has 2 heterocycles. The second-order valence-electron chi connectivity index (χ2n) is 7.05. The monoisotopic (exact) mass is 401 g/mol. The molecule has 2 aromatic heterocycles. The zero-order chi connectivity index (χ0) is 20.4. The molecular formula is C20H23N3O4S. The van der Waals surface area contributed by atoms with Gasteiger partial charge >= 0.3 is 5.69 Å². The number of methoxy groups -OCH3 is 1. The van der Waals surface area contributed by atoms with Crippen LogP contribution in [0.4, 0.5) is 5.69 Å². The first-order valence-electron chi connectivity index (χ1n) is 8.95. The van der Waals surface area contributed by atoms with Gasteiger partial charge in [0.25, 0.3) is 5.56 Å². The molecule has 148 valence electrons. The molecule has 0 aliphatic carbocycles. The topological polar surface area (TPSA) is 82.3 Å². The van der Waals surface area contributed by atoms with Gasteiger partial charge in [0, 0.05) is 12.7 Å². The molecule has 1 amide bonds. The summed E-state index contributed by atoms with van der Waals surface area (Å²) < 4.78 is 7.53. The maximum Gasteiger partial charge on any atom is 0.332 e. The Morgan fingerprint density at radius 1 is 1.21 bits per heavy atom. The van der Waals surface area contributed by atoms with Crippen LogP contribution >= 0.6 is 11.3 Å². The number of nitrogens with one attached hydrogen (secondary N) is 1. The zero-order valence-electron chi connectivity index (χ0n) is 16.3. The van der Waals surface area contributed by atoms with Gasteiger partial charge in [-0.2, -0.15) is 0 Å². The number of fused-ring (bicyclic) bond motifs is 1. The summed E-state index contributed by atoms with van der Waals surface area (Å²) in [5.41, 5.74) is 0.704. The molecule has 28 heavy (non-hydrogen) atoms. The smallest absolute Gasteiger partial charge is 0.332 e. The van der Waals surface area contributed by atoms with Crippen molar-refractivity contribution in [2.24, 2.45) is 13.0 Å². The van der Waals surface area contributed by atoms with Gasteiger partial charge in [0.05, 0.1) is 12.5 Å². The number of hydrogen-bond acceptors (Lipinski definition) is 5. The summed E-state index contributed by atoms with van der Waals surface area (Å²) in [6.07, 6.45) is 0.742. The van der Waals surface area contributed by atoms with Crippen molar-refractivity contribution in [3.8, 4) is 5.75 Å². The van der Waals surface area contributed by atoms with Crippen molar-refractivity contribution in [1.29, 1.82) is 0 Å². The number of carbonyl (C=O) groups excluding carboxylic acids is 1. The number of thiophene rings is 1. The lowest BCUT2D eigenvalue weighted by Crippen LogP contribution is -2.39. The Labute approximate surface area is 166 Å². The minimum atomic E-state index is -0.500. The second-order valence-corrected chi connectivity index (χ2v) is 7.91. The van der Waals surface area contributed by atoms with E-state index < -0.39 is 5.69 Å². The summed E-state index contributed by atoms with van der Waals surface area (Å²) in [5, 5.41) is 5.20. The van der Waals surface area contributed by atoms with Crippen molar-refractivity contribution in [2.75, 3.05) is 12.4 Å². The number of anilines is 1. The molecule has 3 aromatic rings. The molecule has 3 rings (SSSR count). The lowest BCUT2D eigenvalue weighted by Gasteiger charge is -2.11. The minimum absolute atomic E-state index is 0.170. The van der Waals surface area contributed by atoms with Crippen LogP contribution in [0.2, 0.25) is 0 Å². The van der Waals surface area contributed by atoms with Gasteiger partial charge in [-0.05, 0) is 47.5 Å². The largest absolute Gasteiger partial charge is 0.497 e. The molecule has 7 nitrogen and oxygen atoms in total. The van der Waals surface area contributed by atoms with Gasteiger partial charge in [-0.25, -0.2) is 4.79 Å². The molecule has 0 aliphatic heterocycles. The quantitative estimate of drug-likeness (QED) is 0.688. The van der Waals surface area contributed by atoms with Crippen molar-refractivity contribution in [3.63, 3.8) is 0 Å². The van der Waals surface area contributed by atoms with Crippen molar-refractivity contribution in [2.45, 2.75) is 26.8 Å². The third-order valence-electron chi connectivity index (χ3n) is 4.43. The van der Waals surface area contributed by atoms with Crippen LogP contribution in [0.25, 0.3) is 10.2 Å². The van der Waals surface area contributed by atoms with E-state index in [0.717, 1.165) is 16.6 Å². The van der Waals surface area contributed by atoms with Crippen molar-refractivity contribution < 1.29 is 9.53 Å². The van der Waals surface area contributed by atoms with Crippen LogP contribution in [0, 0.1) is 5.92 Å². The third kappa shape index (κ3) is 3.87. The highest BCUT2D eigenvalue weighted by Gasteiger charge is 2.18. The number of benzene rings is 1. The van der Waals surface area contributed by atoms with Crippen LogP contribution < -0.4 is 21.3 Å². The van der Waals surface area contributed by atoms with Crippen LogP contribution in [0.1, 0.15) is 19.4 Å². The van der Waals surface area contributed by atoms with Gasteiger partial charge in [0.2, 0.25) is 5.91 Å². The first-order valence-corrected chi connectivity index (χ1v) is 9.83. The van der Waals surface area contributed by atoms with Crippen LogP contribution in [-0.2, 0) is 24.8 Å². The van der Waals surface area contributed by atoms with E-state index in [1.54, 1.807) is 31.4 Å². The van der Waals surface area contributed by atoms with Gasteiger partial charge in [-0.15, -0.1) is 11.3 Å². The van der Waals surface area contributed by atoms with Crippen molar-refractivity contribution in [3.05, 3.63) is 56.0 Å². The summed E-state index contributed by atoms with van der Waals surface area (Å²) in [7, 11) is 3.01. The number of aromatic nitrogens is 2. The van der Waals surface area contributed by atoms with Crippen molar-refractivity contribution >= 4 is 33.1 Å². The average molecular weight is 401 g/mol. The highest BCUT2D eigenvalue weighted by molar-refractivity contribution is 7.17. The molecule has 1 N–H and O–H groups in total. The first-order chi connectivity index (χ1) is 13.3. The Morgan fingerprint density at radius 3 is 2.50 bits per heavy atom. The van der Waals surface area contributed by atoms with E-state index in [2.05, 4.69) is 19.2 Å². The van der Waals surface area contributed by atoms with E-state index in [9.17, 15) is 14.4 Å². The Balaban J connectivity index is 1.95. The van der Waals surface area contributed by atoms with Crippen LogP contribution in [-0.4, -0.2) is 22.2 Å². The second kappa shape index (κ2) is 8.02. The number of amides is 1. The molecule has 0 saturated heterocycles. The molecule has 1 aromatic carbocycles. The van der Waals surface area contributed by atoms with E-state index in [-0.39, 0.29) is 18.0 Å². The fourth-order valence-corrected chi connectivity index (χ4v) is 4.15. The molecular weight excluding hydrogens is 378 g/mol. The predicted molar refractivity (Wildman–Crippen MR) is 111 cm³/mol. The number of rotatable bonds is 6. The zero-order valence-corrected chi connectivity index (χ0v) is 17.1. The van der Waals surface area contributed by atoms with Gasteiger partial charge < -0.3 is 10.1 Å². The maximum absolute atomic E-state index is 12.6. The number of carbonyl (C=O) groups is 1. The lowest BCUT2D eigenvalue weighted by molar-refractivity contribution is -0.116. The first kappa shape index (κ1) is 19.9. The van der Waals surface area contributed by atoms with E-state index in [1.165, 1.54) is 23.0 Å². The lowest BCUT2D eigenvalue weighted by atomic mass is 10.0. The number of ether oxygens (including phenoxy) is 1. The van der Waals surface area contributed by atoms with Gasteiger partial charge in [0.15, 0.2) is 0 Å². The Morgan fingerprint density at radius 2 is 1.89 bits per heavy atom. The Hall–Kier alpha value is -2.87. The third-order valence-corrected chi connectivity index (χ3v) is 5.48. The van der Waals surface area contributed by atoms with Crippen molar-refractivity contribution in [1.82, 2.24) is 9.13 Å². The Kier molecular flexibility index (Phi) is 5.69. The minimum Gasteiger partial charge on any atom is -0.497 e. The summed E-state index contributed by atoms with van der Waals surface area (Å²) >= 11 is 1.33. The highest BCUT2D eigenvalue weighted by Crippen LogP contribution is 2.24. The Bertz CT molecular complexity index is 1120. The van der Waals surface area contributed by atoms with Gasteiger partial charge in [-0.1, -0.05) is 13.8 Å². The normalized spacial score (nSPS) is 11.2. The van der Waals surface area contributed by atoms with E-state index >= 15 is 0 Å². The van der Waals surface area contributed by atoms with E-state index in [0.29, 0.717) is 27.6 Å². The maximum atomic E-state index is 12.6. The highest BCUT2D eigenvalue weighted by atomic mass is 32.1. The summed E-state index contributed by atoms with van der Waals surface area (Å²) in [5.74, 6) is 0.720. The predicted octanol–water partition coefficient (Wildman–Crippen LogP) is 2.61. The molecule has 0 unspecified atom stereocenters. The van der Waals surface area contributed by atoms with Crippen LogP contribution in [0.5, 0.6) is 5.75 Å². The molecule has 0 radical (unpaired) electrons. The summed E-state index contributed by atoms with van der Waals surface area (Å²) in [4.78, 5) is 38.4. The van der Waals surface area contributed by atoms with E-state index in [4.69, 9.17) is 4.74 Å². The molecule has 0 fully saturated rings. The molecule has 0 spiro atoms. The fourth-order valence-electron chi connectivity index (χ4n) is 3.08. The summed E-state index contributed by atoms with van der Waals surface area (Å²) in [6, 6.07) is 6.93. The van der Waals surface area contributed by atoms with Crippen LogP contribution in [0.3, 0.4) is 0 Å². The SMILES string of the molecule is COc1ccc(NC(=O)Cn2c(=O)n(C)c(=O)c3c(CC(C)C)csc32)cc1. The molecule has 0 aliphatic rings.